The molecule has 1 nitrogen and oxygen atoms in total. The molecular formula is C13H16OS. The molecule has 15 heavy (non-hydrogen) atoms. The Balaban J connectivity index is 2.27. The molecule has 1 aromatic carbocycles. The summed E-state index contributed by atoms with van der Waals surface area (Å²) in [7, 11) is 0. The van der Waals surface area contributed by atoms with Gasteiger partial charge >= 0.3 is 0 Å². The third-order valence-corrected chi connectivity index (χ3v) is 2.91. The van der Waals surface area contributed by atoms with Crippen molar-refractivity contribution in [3.05, 3.63) is 24.3 Å². The number of thioether (sulfide) groups is 1. The van der Waals surface area contributed by atoms with Crippen molar-refractivity contribution in [1.82, 2.24) is 0 Å². The number of aromatic hydroxyl groups is 1. The first-order valence-electron chi connectivity index (χ1n) is 5.21. The number of benzene rings is 1. The molecule has 0 radical (unpaired) electrons. The lowest BCUT2D eigenvalue weighted by Gasteiger charge is -2.00. The van der Waals surface area contributed by atoms with E-state index in [9.17, 15) is 5.11 Å². The first-order chi connectivity index (χ1) is 7.34. The van der Waals surface area contributed by atoms with Gasteiger partial charge < -0.3 is 5.11 Å². The molecule has 0 saturated carbocycles. The highest BCUT2D eigenvalue weighted by Gasteiger charge is 1.98. The number of phenols is 1. The smallest absolute Gasteiger partial charge is 0.129 e. The van der Waals surface area contributed by atoms with E-state index in [0.29, 0.717) is 5.75 Å². The summed E-state index contributed by atoms with van der Waals surface area (Å²) in [5.74, 6) is 7.54. The van der Waals surface area contributed by atoms with Gasteiger partial charge in [-0.05, 0) is 18.6 Å². The van der Waals surface area contributed by atoms with Crippen LogP contribution in [-0.4, -0.2) is 10.9 Å². The lowest BCUT2D eigenvalue weighted by molar-refractivity contribution is 0.462. The van der Waals surface area contributed by atoms with E-state index in [1.807, 2.05) is 18.2 Å². The molecule has 0 aliphatic rings. The largest absolute Gasteiger partial charge is 0.507 e. The van der Waals surface area contributed by atoms with E-state index in [-0.39, 0.29) is 0 Å². The van der Waals surface area contributed by atoms with Gasteiger partial charge in [0.25, 0.3) is 0 Å². The van der Waals surface area contributed by atoms with Crippen molar-refractivity contribution in [3.8, 4) is 17.6 Å². The molecule has 80 valence electrons. The van der Waals surface area contributed by atoms with Crippen LogP contribution in [0, 0.1) is 11.8 Å². The topological polar surface area (TPSA) is 20.2 Å². The van der Waals surface area contributed by atoms with Crippen LogP contribution < -0.4 is 0 Å². The SMILES string of the molecule is CCCC#CCCSc1ccccc1O. The van der Waals surface area contributed by atoms with Crippen molar-refractivity contribution in [2.24, 2.45) is 0 Å². The molecule has 0 aromatic heterocycles. The molecule has 0 aliphatic heterocycles. The van der Waals surface area contributed by atoms with Crippen LogP contribution in [0.15, 0.2) is 29.2 Å². The molecule has 0 atom stereocenters. The number of unbranched alkanes of at least 4 members (excludes halogenated alkanes) is 1. The van der Waals surface area contributed by atoms with Crippen LogP contribution in [0.3, 0.4) is 0 Å². The average Bonchev–Trinajstić information content (AvgIpc) is 2.25. The maximum absolute atomic E-state index is 9.49. The minimum absolute atomic E-state index is 0.365. The second kappa shape index (κ2) is 7.25. The van der Waals surface area contributed by atoms with E-state index in [1.165, 1.54) is 0 Å². The van der Waals surface area contributed by atoms with E-state index in [1.54, 1.807) is 17.8 Å². The summed E-state index contributed by atoms with van der Waals surface area (Å²) in [6, 6.07) is 7.41. The predicted molar refractivity (Wildman–Crippen MR) is 66.1 cm³/mol. The summed E-state index contributed by atoms with van der Waals surface area (Å²) in [5.41, 5.74) is 0. The van der Waals surface area contributed by atoms with Crippen LogP contribution in [-0.2, 0) is 0 Å². The fraction of sp³-hybridized carbons (Fsp3) is 0.385. The second-order valence-corrected chi connectivity index (χ2v) is 4.31. The van der Waals surface area contributed by atoms with E-state index in [2.05, 4.69) is 18.8 Å². The van der Waals surface area contributed by atoms with Crippen molar-refractivity contribution < 1.29 is 5.11 Å². The fourth-order valence-corrected chi connectivity index (χ4v) is 1.91. The van der Waals surface area contributed by atoms with Gasteiger partial charge in [0.05, 0.1) is 0 Å². The van der Waals surface area contributed by atoms with Crippen LogP contribution >= 0.6 is 11.8 Å². The molecule has 0 spiro atoms. The summed E-state index contributed by atoms with van der Waals surface area (Å²) < 4.78 is 0. The van der Waals surface area contributed by atoms with Gasteiger partial charge in [0.2, 0.25) is 0 Å². The van der Waals surface area contributed by atoms with Gasteiger partial charge in [0.1, 0.15) is 5.75 Å². The number of para-hydroxylation sites is 1. The zero-order valence-electron chi connectivity index (χ0n) is 8.99. The minimum Gasteiger partial charge on any atom is -0.507 e. The van der Waals surface area contributed by atoms with Crippen molar-refractivity contribution in [2.75, 3.05) is 5.75 Å². The highest BCUT2D eigenvalue weighted by Crippen LogP contribution is 2.27. The molecule has 0 fully saturated rings. The zero-order valence-corrected chi connectivity index (χ0v) is 9.81. The van der Waals surface area contributed by atoms with Gasteiger partial charge in [-0.1, -0.05) is 19.1 Å². The molecule has 0 saturated heterocycles. The lowest BCUT2D eigenvalue weighted by Crippen LogP contribution is -1.78. The third-order valence-electron chi connectivity index (χ3n) is 1.85. The van der Waals surface area contributed by atoms with Gasteiger partial charge in [-0.25, -0.2) is 0 Å². The van der Waals surface area contributed by atoms with Crippen molar-refractivity contribution in [2.45, 2.75) is 31.1 Å². The normalized spacial score (nSPS) is 9.40. The monoisotopic (exact) mass is 220 g/mol. The maximum atomic E-state index is 9.49. The van der Waals surface area contributed by atoms with Crippen LogP contribution in [0.2, 0.25) is 0 Å². The number of hydrogen-bond donors (Lipinski definition) is 1. The van der Waals surface area contributed by atoms with E-state index >= 15 is 0 Å². The van der Waals surface area contributed by atoms with E-state index in [4.69, 9.17) is 0 Å². The first kappa shape index (κ1) is 12.0. The van der Waals surface area contributed by atoms with E-state index in [0.717, 1.165) is 29.9 Å². The van der Waals surface area contributed by atoms with Crippen LogP contribution in [0.1, 0.15) is 26.2 Å². The maximum Gasteiger partial charge on any atom is 0.129 e. The van der Waals surface area contributed by atoms with Gasteiger partial charge in [0, 0.05) is 23.5 Å². The van der Waals surface area contributed by atoms with Crippen molar-refractivity contribution >= 4 is 11.8 Å². The Labute approximate surface area is 95.9 Å². The van der Waals surface area contributed by atoms with Crippen LogP contribution in [0.25, 0.3) is 0 Å². The molecular weight excluding hydrogens is 204 g/mol. The molecule has 0 amide bonds. The standard InChI is InChI=1S/C13H16OS/c1-2-3-4-5-8-11-15-13-10-7-6-9-12(13)14/h6-7,9-10,14H,2-3,8,11H2,1H3. The van der Waals surface area contributed by atoms with Gasteiger partial charge in [0.15, 0.2) is 0 Å². The number of hydrogen-bond acceptors (Lipinski definition) is 2. The number of phenolic OH excluding ortho intramolecular Hbond substituents is 1. The molecule has 1 N–H and O–H groups in total. The summed E-state index contributed by atoms with van der Waals surface area (Å²) in [6.07, 6.45) is 3.00. The zero-order chi connectivity index (χ0) is 10.9. The van der Waals surface area contributed by atoms with Crippen molar-refractivity contribution in [1.29, 1.82) is 0 Å². The Morgan fingerprint density at radius 2 is 1.93 bits per heavy atom. The van der Waals surface area contributed by atoms with Crippen LogP contribution in [0.4, 0.5) is 0 Å². The Bertz CT molecular complexity index is 349. The van der Waals surface area contributed by atoms with Crippen LogP contribution in [0.5, 0.6) is 5.75 Å². The van der Waals surface area contributed by atoms with E-state index < -0.39 is 0 Å². The summed E-state index contributed by atoms with van der Waals surface area (Å²) >= 11 is 1.65. The third kappa shape index (κ3) is 4.80. The molecule has 1 aromatic rings. The molecule has 0 aliphatic carbocycles. The molecule has 2 heteroatoms. The summed E-state index contributed by atoms with van der Waals surface area (Å²) in [4.78, 5) is 0.940. The lowest BCUT2D eigenvalue weighted by atomic mass is 10.3. The highest BCUT2D eigenvalue weighted by atomic mass is 32.2. The molecule has 1 rings (SSSR count). The van der Waals surface area contributed by atoms with Gasteiger partial charge in [-0.3, -0.25) is 0 Å². The quantitative estimate of drug-likeness (QED) is 0.474. The second-order valence-electron chi connectivity index (χ2n) is 3.17. The first-order valence-corrected chi connectivity index (χ1v) is 6.19. The highest BCUT2D eigenvalue weighted by molar-refractivity contribution is 7.99. The average molecular weight is 220 g/mol. The van der Waals surface area contributed by atoms with Gasteiger partial charge in [-0.15, -0.1) is 23.6 Å². The summed E-state index contributed by atoms with van der Waals surface area (Å²) in [6.45, 7) is 2.13. The molecule has 0 bridgehead atoms. The Morgan fingerprint density at radius 3 is 2.67 bits per heavy atom. The Morgan fingerprint density at radius 1 is 1.20 bits per heavy atom. The van der Waals surface area contributed by atoms with Gasteiger partial charge in [-0.2, -0.15) is 0 Å². The Hall–Kier alpha value is -1.07. The molecule has 0 unspecified atom stereocenters. The fourth-order valence-electron chi connectivity index (χ4n) is 1.09. The Kier molecular flexibility index (Phi) is 5.80. The minimum atomic E-state index is 0.365. The van der Waals surface area contributed by atoms with Crippen molar-refractivity contribution in [3.63, 3.8) is 0 Å². The number of rotatable bonds is 4. The molecule has 0 heterocycles. The summed E-state index contributed by atoms with van der Waals surface area (Å²) in [5, 5.41) is 9.49. The predicted octanol–water partition coefficient (Wildman–Crippen LogP) is 3.68.